The SMILES string of the molecule is CN=[NH2+].COc1ccc2c(c1OC)C(=O)OC2C1c2c(c(N)c3c(c2OC)OCO3)CCN1C. The van der Waals surface area contributed by atoms with Crippen LogP contribution in [-0.2, 0) is 11.2 Å². The number of carbonyl (C=O) groups excluding carboxylic acids is 1. The van der Waals surface area contributed by atoms with Crippen LogP contribution in [0.4, 0.5) is 5.69 Å². The fourth-order valence-corrected chi connectivity index (χ4v) is 4.87. The molecule has 2 atom stereocenters. The van der Waals surface area contributed by atoms with Gasteiger partial charge < -0.3 is 34.2 Å². The smallest absolute Gasteiger partial charge is 0.343 e. The van der Waals surface area contributed by atoms with E-state index < -0.39 is 12.1 Å². The molecule has 0 fully saturated rings. The van der Waals surface area contributed by atoms with Crippen molar-refractivity contribution in [3.8, 4) is 28.7 Å². The summed E-state index contributed by atoms with van der Waals surface area (Å²) in [6.45, 7) is 0.804. The minimum absolute atomic E-state index is 0.0809. The van der Waals surface area contributed by atoms with Crippen molar-refractivity contribution in [3.05, 3.63) is 34.4 Å². The van der Waals surface area contributed by atoms with Crippen LogP contribution in [0.15, 0.2) is 17.2 Å². The fraction of sp³-hybridized carbons (Fsp3) is 0.435. The zero-order valence-electron chi connectivity index (χ0n) is 19.8. The molecule has 182 valence electrons. The molecule has 0 aromatic heterocycles. The minimum atomic E-state index is -0.583. The summed E-state index contributed by atoms with van der Waals surface area (Å²) in [6, 6.07) is 3.29. The minimum Gasteiger partial charge on any atom is -0.493 e. The van der Waals surface area contributed by atoms with Crippen molar-refractivity contribution in [2.75, 3.05) is 54.5 Å². The van der Waals surface area contributed by atoms with Gasteiger partial charge >= 0.3 is 5.97 Å². The Hall–Kier alpha value is -3.73. The number of anilines is 1. The van der Waals surface area contributed by atoms with Crippen LogP contribution in [0.1, 0.15) is 39.2 Å². The van der Waals surface area contributed by atoms with E-state index >= 15 is 0 Å². The van der Waals surface area contributed by atoms with Crippen LogP contribution in [0, 0.1) is 0 Å². The second-order valence-corrected chi connectivity index (χ2v) is 7.93. The van der Waals surface area contributed by atoms with Gasteiger partial charge in [0.1, 0.15) is 11.7 Å². The summed E-state index contributed by atoms with van der Waals surface area (Å²) in [5.41, 5.74) is 14.4. The first kappa shape index (κ1) is 23.4. The molecule has 11 heteroatoms. The topological polar surface area (TPSA) is 140 Å². The number of hydrogen-bond donors (Lipinski definition) is 2. The number of likely N-dealkylation sites (N-methyl/N-ethyl adjacent to an activating group) is 1. The van der Waals surface area contributed by atoms with Crippen LogP contribution in [0.25, 0.3) is 0 Å². The molecule has 0 saturated heterocycles. The summed E-state index contributed by atoms with van der Waals surface area (Å²) in [5.74, 6) is 1.93. The Morgan fingerprint density at radius 1 is 1.12 bits per heavy atom. The highest BCUT2D eigenvalue weighted by molar-refractivity contribution is 5.98. The quantitative estimate of drug-likeness (QED) is 0.382. The molecule has 11 nitrogen and oxygen atoms in total. The van der Waals surface area contributed by atoms with Crippen LogP contribution >= 0.6 is 0 Å². The van der Waals surface area contributed by atoms with Gasteiger partial charge in [-0.25, -0.2) is 4.79 Å². The van der Waals surface area contributed by atoms with E-state index in [0.29, 0.717) is 46.4 Å². The molecule has 2 aromatic carbocycles. The van der Waals surface area contributed by atoms with Gasteiger partial charge in [-0.1, -0.05) is 11.2 Å². The van der Waals surface area contributed by atoms with Crippen LogP contribution < -0.4 is 34.9 Å². The Bertz CT molecular complexity index is 1140. The lowest BCUT2D eigenvalue weighted by molar-refractivity contribution is -0.216. The molecule has 0 spiro atoms. The first-order valence-electron chi connectivity index (χ1n) is 10.7. The predicted molar refractivity (Wildman–Crippen MR) is 121 cm³/mol. The normalized spacial score (nSPS) is 19.9. The fourth-order valence-electron chi connectivity index (χ4n) is 4.87. The highest BCUT2D eigenvalue weighted by Crippen LogP contribution is 2.57. The van der Waals surface area contributed by atoms with Gasteiger partial charge in [0.05, 0.1) is 40.1 Å². The molecule has 3 heterocycles. The Morgan fingerprint density at radius 2 is 1.79 bits per heavy atom. The van der Waals surface area contributed by atoms with Crippen LogP contribution in [-0.4, -0.2) is 59.6 Å². The highest BCUT2D eigenvalue weighted by atomic mass is 16.7. The number of nitrogens with zero attached hydrogens (tertiary/aromatic N) is 2. The Kier molecular flexibility index (Phi) is 6.38. The summed E-state index contributed by atoms with van der Waals surface area (Å²) in [4.78, 5) is 15.1. The van der Waals surface area contributed by atoms with Gasteiger partial charge in [-0.15, -0.1) is 0 Å². The van der Waals surface area contributed by atoms with Crippen molar-refractivity contribution in [1.29, 1.82) is 0 Å². The first-order valence-corrected chi connectivity index (χ1v) is 10.7. The highest BCUT2D eigenvalue weighted by Gasteiger charge is 2.47. The molecule has 34 heavy (non-hydrogen) atoms. The summed E-state index contributed by atoms with van der Waals surface area (Å²) in [6.07, 6.45) is 0.126. The standard InChI is InChI=1S/C22H24N2O7.CH4N2/c1-24-8-7-10-13(19(28-4)21-20(15(10)23)29-9-30-21)16(24)17-11-5-6-12(26-2)18(27-3)14(11)22(25)31-17;1-3-2/h5-6,16-17H,7-9,23H2,1-4H3;2H,1H3/p+1. The number of hydrogen-bond acceptors (Lipinski definition) is 10. The van der Waals surface area contributed by atoms with E-state index in [0.717, 1.165) is 23.2 Å². The monoisotopic (exact) mass is 473 g/mol. The van der Waals surface area contributed by atoms with E-state index in [9.17, 15) is 4.79 Å². The van der Waals surface area contributed by atoms with Crippen molar-refractivity contribution in [3.63, 3.8) is 0 Å². The lowest BCUT2D eigenvalue weighted by Gasteiger charge is -2.39. The lowest BCUT2D eigenvalue weighted by atomic mass is 9.84. The van der Waals surface area contributed by atoms with Crippen molar-refractivity contribution in [1.82, 2.24) is 4.90 Å². The molecule has 0 saturated carbocycles. The Balaban J connectivity index is 0.000000868. The zero-order chi connectivity index (χ0) is 24.6. The van der Waals surface area contributed by atoms with E-state index in [1.165, 1.54) is 21.3 Å². The molecular formula is C23H29N4O7+. The van der Waals surface area contributed by atoms with Gasteiger partial charge in [0, 0.05) is 17.7 Å². The van der Waals surface area contributed by atoms with Gasteiger partial charge in [0.2, 0.25) is 12.5 Å². The van der Waals surface area contributed by atoms with Crippen molar-refractivity contribution in [2.45, 2.75) is 18.6 Å². The van der Waals surface area contributed by atoms with E-state index in [4.69, 9.17) is 34.2 Å². The number of cyclic esters (lactones) is 1. The molecule has 3 aliphatic heterocycles. The van der Waals surface area contributed by atoms with Gasteiger partial charge in [-0.2, -0.15) is 5.53 Å². The van der Waals surface area contributed by atoms with Gasteiger partial charge in [-0.05, 0) is 25.1 Å². The van der Waals surface area contributed by atoms with E-state index in [1.807, 2.05) is 13.1 Å². The number of ether oxygens (including phenoxy) is 6. The third kappa shape index (κ3) is 3.43. The van der Waals surface area contributed by atoms with Crippen LogP contribution in [0.5, 0.6) is 28.7 Å². The molecule has 3 aliphatic rings. The number of nitrogen functional groups attached to an aromatic ring is 1. The molecule has 0 amide bonds. The number of carbonyl (C=O) groups is 1. The average molecular weight is 474 g/mol. The lowest BCUT2D eigenvalue weighted by Crippen LogP contribution is -2.36. The van der Waals surface area contributed by atoms with Crippen LogP contribution in [0.3, 0.4) is 0 Å². The maximum atomic E-state index is 12.9. The number of rotatable bonds is 4. The van der Waals surface area contributed by atoms with E-state index in [-0.39, 0.29) is 12.8 Å². The summed E-state index contributed by atoms with van der Waals surface area (Å²) < 4.78 is 33.8. The molecule has 2 aromatic rings. The number of esters is 1. The van der Waals surface area contributed by atoms with Crippen molar-refractivity contribution in [2.24, 2.45) is 5.11 Å². The van der Waals surface area contributed by atoms with E-state index in [1.54, 1.807) is 13.2 Å². The molecule has 0 bridgehead atoms. The number of fused-ring (bicyclic) bond motifs is 3. The zero-order valence-corrected chi connectivity index (χ0v) is 19.8. The molecule has 2 unspecified atom stereocenters. The van der Waals surface area contributed by atoms with Crippen molar-refractivity contribution >= 4 is 11.7 Å². The van der Waals surface area contributed by atoms with Gasteiger partial charge in [-0.3, -0.25) is 4.90 Å². The molecular weight excluding hydrogens is 444 g/mol. The third-order valence-electron chi connectivity index (χ3n) is 6.26. The number of benzene rings is 2. The van der Waals surface area contributed by atoms with E-state index in [2.05, 4.69) is 15.5 Å². The summed E-state index contributed by atoms with van der Waals surface area (Å²) in [7, 11) is 8.14. The first-order chi connectivity index (χ1) is 16.4. The molecule has 0 aliphatic carbocycles. The number of methoxy groups -OCH3 is 3. The van der Waals surface area contributed by atoms with Gasteiger partial charge in [0.25, 0.3) is 0 Å². The molecule has 5 rings (SSSR count). The largest absolute Gasteiger partial charge is 0.493 e. The van der Waals surface area contributed by atoms with Crippen molar-refractivity contribution < 1.29 is 38.7 Å². The third-order valence-corrected chi connectivity index (χ3v) is 6.26. The maximum Gasteiger partial charge on any atom is 0.343 e. The second kappa shape index (κ2) is 9.26. The molecule has 0 radical (unpaired) electrons. The van der Waals surface area contributed by atoms with Gasteiger partial charge in [0.15, 0.2) is 23.0 Å². The summed E-state index contributed by atoms with van der Waals surface area (Å²) in [5, 5.41) is 3.00. The predicted octanol–water partition coefficient (Wildman–Crippen LogP) is 1.29. The second-order valence-electron chi connectivity index (χ2n) is 7.93. The Labute approximate surface area is 197 Å². The average Bonchev–Trinajstić information content (AvgIpc) is 3.45. The molecule has 4 N–H and O–H groups in total. The Morgan fingerprint density at radius 3 is 2.44 bits per heavy atom. The summed E-state index contributed by atoms with van der Waals surface area (Å²) >= 11 is 0. The maximum absolute atomic E-state index is 12.9. The number of nitrogens with two attached hydrogens (primary N) is 2. The van der Waals surface area contributed by atoms with Crippen LogP contribution in [0.2, 0.25) is 0 Å².